The number of benzene rings is 2. The number of fused-ring (bicyclic) bond motifs is 3. The number of aryl methyl sites for hydroxylation is 1. The van der Waals surface area contributed by atoms with Crippen LogP contribution in [0.5, 0.6) is 0 Å². The summed E-state index contributed by atoms with van der Waals surface area (Å²) in [4.78, 5) is 30.7. The van der Waals surface area contributed by atoms with Crippen LogP contribution in [0.1, 0.15) is 50.4 Å². The van der Waals surface area contributed by atoms with Crippen molar-refractivity contribution in [2.24, 2.45) is 0 Å². The second-order valence-corrected chi connectivity index (χ2v) is 8.88. The average molecular weight is 436 g/mol. The van der Waals surface area contributed by atoms with Gasteiger partial charge in [-0.25, -0.2) is 4.90 Å². The zero-order valence-electron chi connectivity index (χ0n) is 18.1. The fourth-order valence-corrected chi connectivity index (χ4v) is 4.79. The van der Waals surface area contributed by atoms with Gasteiger partial charge in [-0.3, -0.25) is 14.6 Å². The number of aromatic amines is 1. The van der Waals surface area contributed by atoms with Crippen molar-refractivity contribution in [1.82, 2.24) is 10.1 Å². The van der Waals surface area contributed by atoms with Gasteiger partial charge in [-0.05, 0) is 42.3 Å². The van der Waals surface area contributed by atoms with Gasteiger partial charge in [0.2, 0.25) is 11.1 Å². The number of thioether (sulfide) groups is 1. The number of aromatic nitrogens is 3. The molecule has 2 heterocycles. The van der Waals surface area contributed by atoms with Crippen LogP contribution in [0.4, 0.5) is 5.69 Å². The lowest BCUT2D eigenvalue weighted by molar-refractivity contribution is -0.763. The lowest BCUT2D eigenvalue weighted by Crippen LogP contribution is -2.60. The minimum Gasteiger partial charge on any atom is -0.291 e. The molecule has 0 bridgehead atoms. The van der Waals surface area contributed by atoms with Crippen LogP contribution in [0.2, 0.25) is 0 Å². The van der Waals surface area contributed by atoms with Gasteiger partial charge in [0, 0.05) is 23.3 Å². The molecule has 0 spiro atoms. The Morgan fingerprint density at radius 2 is 1.90 bits per heavy atom. The Morgan fingerprint density at radius 3 is 2.61 bits per heavy atom. The predicted molar refractivity (Wildman–Crippen MR) is 123 cm³/mol. The van der Waals surface area contributed by atoms with Gasteiger partial charge < -0.3 is 0 Å². The summed E-state index contributed by atoms with van der Waals surface area (Å²) in [5.74, 6) is 0.786. The van der Waals surface area contributed by atoms with Crippen molar-refractivity contribution in [3.8, 4) is 11.3 Å². The van der Waals surface area contributed by atoms with E-state index in [9.17, 15) is 9.59 Å². The van der Waals surface area contributed by atoms with Crippen molar-refractivity contribution in [3.63, 3.8) is 0 Å². The molecule has 3 aromatic rings. The van der Waals surface area contributed by atoms with Crippen molar-refractivity contribution in [3.05, 3.63) is 70.0 Å². The molecule has 0 radical (unpaired) electrons. The minimum atomic E-state index is -0.528. The van der Waals surface area contributed by atoms with Crippen molar-refractivity contribution >= 4 is 23.4 Å². The molecule has 0 saturated heterocycles. The summed E-state index contributed by atoms with van der Waals surface area (Å²) < 4.78 is 1.72. The molecule has 1 amide bonds. The number of H-pyrrole nitrogens is 1. The summed E-state index contributed by atoms with van der Waals surface area (Å²) in [5, 5.41) is 5.39. The molecule has 160 valence electrons. The van der Waals surface area contributed by atoms with Crippen molar-refractivity contribution in [1.29, 1.82) is 0 Å². The van der Waals surface area contributed by atoms with Gasteiger partial charge >= 0.3 is 11.3 Å². The molecule has 6 nitrogen and oxygen atoms in total. The monoisotopic (exact) mass is 435 g/mol. The first-order valence-electron chi connectivity index (χ1n) is 10.7. The number of hydrogen-bond acceptors (Lipinski definition) is 4. The average Bonchev–Trinajstić information content (AvgIpc) is 2.76. The smallest absolute Gasteiger partial charge is 0.291 e. The minimum absolute atomic E-state index is 0.101. The van der Waals surface area contributed by atoms with Gasteiger partial charge in [0.25, 0.3) is 6.17 Å². The van der Waals surface area contributed by atoms with Crippen LogP contribution < -0.4 is 15.1 Å². The molecular weight excluding hydrogens is 408 g/mol. The standard InChI is InChI=1S/C24H26N4O2S/c1-4-5-8-15-31-24-25-22(30)21-19-9-6-7-10-20(19)27(17(3)29)23(28(21)26-24)18-13-11-16(2)12-14-18/h6-7,9-14,23H,4-5,8,15H2,1-3H3/p+1/t23-/m1/s1. The number of nitrogens with zero attached hydrogens (tertiary/aromatic N) is 3. The fraction of sp³-hybridized carbons (Fsp3) is 0.333. The van der Waals surface area contributed by atoms with E-state index in [4.69, 9.17) is 5.10 Å². The Balaban J connectivity index is 1.90. The molecule has 1 N–H and O–H groups in total. The third kappa shape index (κ3) is 4.14. The molecule has 31 heavy (non-hydrogen) atoms. The molecule has 1 aliphatic rings. The summed E-state index contributed by atoms with van der Waals surface area (Å²) in [7, 11) is 0. The topological polar surface area (TPSA) is 69.9 Å². The van der Waals surface area contributed by atoms with E-state index >= 15 is 0 Å². The summed E-state index contributed by atoms with van der Waals surface area (Å²) in [6, 6.07) is 15.5. The fourth-order valence-electron chi connectivity index (χ4n) is 3.94. The van der Waals surface area contributed by atoms with E-state index in [1.165, 1.54) is 0 Å². The van der Waals surface area contributed by atoms with E-state index < -0.39 is 6.17 Å². The molecule has 0 aliphatic carbocycles. The molecule has 1 aromatic heterocycles. The van der Waals surface area contributed by atoms with Gasteiger partial charge in [-0.1, -0.05) is 61.4 Å². The maximum Gasteiger partial charge on any atom is 0.325 e. The first-order valence-corrected chi connectivity index (χ1v) is 11.6. The van der Waals surface area contributed by atoms with Crippen LogP contribution in [0.25, 0.3) is 11.3 Å². The van der Waals surface area contributed by atoms with E-state index in [0.717, 1.165) is 41.8 Å². The van der Waals surface area contributed by atoms with Crippen LogP contribution in [0.15, 0.2) is 58.5 Å². The quantitative estimate of drug-likeness (QED) is 0.357. The van der Waals surface area contributed by atoms with Crippen molar-refractivity contribution in [2.45, 2.75) is 51.4 Å². The predicted octanol–water partition coefficient (Wildman–Crippen LogP) is 4.23. The first kappa shape index (κ1) is 21.3. The molecule has 2 aromatic carbocycles. The number of rotatable bonds is 6. The summed E-state index contributed by atoms with van der Waals surface area (Å²) in [5.41, 5.74) is 3.73. The number of unbranched alkanes of at least 4 members (excludes halogenated alkanes) is 2. The number of amides is 1. The van der Waals surface area contributed by atoms with E-state index in [0.29, 0.717) is 16.4 Å². The third-order valence-electron chi connectivity index (χ3n) is 5.46. The van der Waals surface area contributed by atoms with E-state index in [2.05, 4.69) is 11.9 Å². The molecule has 0 saturated carbocycles. The maximum atomic E-state index is 13.2. The zero-order chi connectivity index (χ0) is 22.0. The largest absolute Gasteiger partial charge is 0.325 e. The second-order valence-electron chi connectivity index (χ2n) is 7.80. The van der Waals surface area contributed by atoms with Crippen molar-refractivity contribution in [2.75, 3.05) is 10.7 Å². The molecule has 1 atom stereocenters. The van der Waals surface area contributed by atoms with Crippen molar-refractivity contribution < 1.29 is 9.48 Å². The van der Waals surface area contributed by atoms with Gasteiger partial charge in [0.15, 0.2) is 0 Å². The number of nitrogens with one attached hydrogen (secondary N) is 1. The third-order valence-corrected chi connectivity index (χ3v) is 6.41. The van der Waals surface area contributed by atoms with E-state index in [1.807, 2.05) is 55.5 Å². The lowest BCUT2D eigenvalue weighted by atomic mass is 10.0. The second kappa shape index (κ2) is 9.06. The normalized spacial score (nSPS) is 14.8. The zero-order valence-corrected chi connectivity index (χ0v) is 18.9. The highest BCUT2D eigenvalue weighted by Crippen LogP contribution is 2.37. The highest BCUT2D eigenvalue weighted by Gasteiger charge is 2.44. The number of anilines is 1. The maximum absolute atomic E-state index is 13.2. The first-order chi connectivity index (χ1) is 15.0. The number of carbonyl (C=O) groups excluding carboxylic acids is 1. The summed E-state index contributed by atoms with van der Waals surface area (Å²) >= 11 is 1.55. The molecule has 4 rings (SSSR count). The molecular formula is C24H27N4O2S+. The molecule has 1 aliphatic heterocycles. The molecule has 0 unspecified atom stereocenters. The Labute approximate surface area is 186 Å². The van der Waals surface area contributed by atoms with Gasteiger partial charge in [0.05, 0.1) is 11.3 Å². The van der Waals surface area contributed by atoms with Crippen LogP contribution in [-0.4, -0.2) is 21.7 Å². The summed E-state index contributed by atoms with van der Waals surface area (Å²) in [6.07, 6.45) is 2.83. The SMILES string of the molecule is CCCCCSc1n[n+]2c(c(=O)[nH]1)-c1ccccc1N(C(C)=O)[C@H]2c1ccc(C)cc1. The molecule has 7 heteroatoms. The highest BCUT2D eigenvalue weighted by molar-refractivity contribution is 7.99. The Morgan fingerprint density at radius 1 is 1.16 bits per heavy atom. The van der Waals surface area contributed by atoms with Crippen LogP contribution in [0, 0.1) is 6.92 Å². The van der Waals surface area contributed by atoms with Gasteiger partial charge in [-0.15, -0.1) is 0 Å². The van der Waals surface area contributed by atoms with Crippen LogP contribution in [-0.2, 0) is 4.79 Å². The van der Waals surface area contributed by atoms with Gasteiger partial charge in [-0.2, -0.15) is 0 Å². The van der Waals surface area contributed by atoms with Gasteiger partial charge in [0.1, 0.15) is 0 Å². The van der Waals surface area contributed by atoms with Crippen LogP contribution >= 0.6 is 11.8 Å². The van der Waals surface area contributed by atoms with Crippen LogP contribution in [0.3, 0.4) is 0 Å². The lowest BCUT2D eigenvalue weighted by Gasteiger charge is -2.31. The van der Waals surface area contributed by atoms with E-state index in [-0.39, 0.29) is 11.5 Å². The van der Waals surface area contributed by atoms with E-state index in [1.54, 1.807) is 28.3 Å². The Kier molecular flexibility index (Phi) is 6.23. The number of para-hydroxylation sites is 1. The highest BCUT2D eigenvalue weighted by atomic mass is 32.2. The Bertz CT molecular complexity index is 1160. The number of hydrogen-bond donors (Lipinski definition) is 1. The number of carbonyl (C=O) groups is 1. The molecule has 0 fully saturated rings. The summed E-state index contributed by atoms with van der Waals surface area (Å²) in [6.45, 7) is 5.74. The Hall–Kier alpha value is -2.93.